The monoisotopic (exact) mass is 235 g/mol. The summed E-state index contributed by atoms with van der Waals surface area (Å²) < 4.78 is 11.1. The van der Waals surface area contributed by atoms with Crippen LogP contribution < -0.4 is 10.1 Å². The lowest BCUT2D eigenvalue weighted by molar-refractivity contribution is -0.118. The molecule has 1 N–H and O–H groups in total. The molecule has 92 valence electrons. The molecule has 1 aliphatic heterocycles. The van der Waals surface area contributed by atoms with Crippen molar-refractivity contribution in [2.24, 2.45) is 0 Å². The number of aryl methyl sites for hydroxylation is 2. The maximum atomic E-state index is 10.5. The van der Waals surface area contributed by atoms with E-state index >= 15 is 0 Å². The number of carbonyl (C=O) groups excluding carboxylic acids is 1. The van der Waals surface area contributed by atoms with Crippen LogP contribution >= 0.6 is 0 Å². The van der Waals surface area contributed by atoms with Crippen molar-refractivity contribution >= 4 is 6.29 Å². The van der Waals surface area contributed by atoms with E-state index in [1.165, 1.54) is 11.1 Å². The average Bonchev–Trinajstić information content (AvgIpc) is 2.73. The Kier molecular flexibility index (Phi) is 3.76. The second kappa shape index (κ2) is 5.29. The van der Waals surface area contributed by atoms with Gasteiger partial charge in [-0.05, 0) is 37.1 Å². The largest absolute Gasteiger partial charge is 0.491 e. The van der Waals surface area contributed by atoms with Crippen molar-refractivity contribution in [3.05, 3.63) is 29.3 Å². The van der Waals surface area contributed by atoms with Crippen LogP contribution in [0.4, 0.5) is 0 Å². The maximum absolute atomic E-state index is 10.5. The van der Waals surface area contributed by atoms with Crippen LogP contribution in [0.5, 0.6) is 5.75 Å². The summed E-state index contributed by atoms with van der Waals surface area (Å²) in [6.45, 7) is 5.18. The molecule has 0 aliphatic carbocycles. The third kappa shape index (κ3) is 3.28. The lowest BCUT2D eigenvalue weighted by atomic mass is 10.1. The van der Waals surface area contributed by atoms with E-state index in [9.17, 15) is 4.79 Å². The molecule has 1 fully saturated rings. The Bertz CT molecular complexity index is 385. The molecule has 4 nitrogen and oxygen atoms in total. The fourth-order valence-electron chi connectivity index (χ4n) is 1.93. The second-order valence-electron chi connectivity index (χ2n) is 4.36. The molecule has 1 saturated heterocycles. The summed E-state index contributed by atoms with van der Waals surface area (Å²) in [5.74, 6) is 0.848. The normalized spacial score (nSPS) is 23.6. The van der Waals surface area contributed by atoms with Crippen LogP contribution in [0.25, 0.3) is 0 Å². The topological polar surface area (TPSA) is 47.6 Å². The number of nitrogens with one attached hydrogen (secondary N) is 1. The summed E-state index contributed by atoms with van der Waals surface area (Å²) >= 11 is 0. The van der Waals surface area contributed by atoms with Gasteiger partial charge in [0.2, 0.25) is 0 Å². The molecule has 0 bridgehead atoms. The molecule has 1 aromatic rings. The van der Waals surface area contributed by atoms with E-state index in [2.05, 4.69) is 11.4 Å². The predicted molar refractivity (Wildman–Crippen MR) is 64.1 cm³/mol. The molecule has 1 aliphatic rings. The standard InChI is InChI=1S/C13H17NO3/c1-9-3-10(2)5-11(4-9)16-8-12-6-14-13(7-15)17-12/h3-5,7,12-14H,6,8H2,1-2H3. The number of hydrogen-bond acceptors (Lipinski definition) is 4. The fraction of sp³-hybridized carbons (Fsp3) is 0.462. The van der Waals surface area contributed by atoms with Gasteiger partial charge in [0.1, 0.15) is 18.5 Å². The lowest BCUT2D eigenvalue weighted by Crippen LogP contribution is -2.23. The van der Waals surface area contributed by atoms with E-state index in [0.29, 0.717) is 13.2 Å². The highest BCUT2D eigenvalue weighted by atomic mass is 16.6. The van der Waals surface area contributed by atoms with Gasteiger partial charge in [-0.25, -0.2) is 0 Å². The maximum Gasteiger partial charge on any atom is 0.165 e. The third-order valence-electron chi connectivity index (χ3n) is 2.64. The Balaban J connectivity index is 1.87. The van der Waals surface area contributed by atoms with Gasteiger partial charge >= 0.3 is 0 Å². The minimum absolute atomic E-state index is 0.0639. The number of ether oxygens (including phenoxy) is 2. The van der Waals surface area contributed by atoms with E-state index in [-0.39, 0.29) is 6.10 Å². The molecule has 1 aromatic carbocycles. The SMILES string of the molecule is Cc1cc(C)cc(OCC2CNC(C=O)O2)c1. The highest BCUT2D eigenvalue weighted by molar-refractivity contribution is 5.55. The van der Waals surface area contributed by atoms with Crippen LogP contribution in [0, 0.1) is 13.8 Å². The van der Waals surface area contributed by atoms with E-state index < -0.39 is 6.23 Å². The zero-order chi connectivity index (χ0) is 12.3. The Morgan fingerprint density at radius 1 is 1.41 bits per heavy atom. The average molecular weight is 235 g/mol. The molecular weight excluding hydrogens is 218 g/mol. The first-order valence-corrected chi connectivity index (χ1v) is 5.72. The Morgan fingerprint density at radius 2 is 2.12 bits per heavy atom. The predicted octanol–water partition coefficient (Wildman–Crippen LogP) is 1.20. The number of benzene rings is 1. The Labute approximate surface area is 101 Å². The third-order valence-corrected chi connectivity index (χ3v) is 2.64. The van der Waals surface area contributed by atoms with Crippen molar-refractivity contribution in [1.29, 1.82) is 0 Å². The Morgan fingerprint density at radius 3 is 2.71 bits per heavy atom. The molecule has 0 aromatic heterocycles. The molecule has 0 amide bonds. The van der Waals surface area contributed by atoms with E-state index in [0.717, 1.165) is 12.0 Å². The van der Waals surface area contributed by atoms with Crippen LogP contribution in [0.2, 0.25) is 0 Å². The zero-order valence-electron chi connectivity index (χ0n) is 10.1. The summed E-state index contributed by atoms with van der Waals surface area (Å²) in [5.41, 5.74) is 2.35. The highest BCUT2D eigenvalue weighted by Crippen LogP contribution is 2.17. The summed E-state index contributed by atoms with van der Waals surface area (Å²) in [6, 6.07) is 6.09. The fourth-order valence-corrected chi connectivity index (χ4v) is 1.93. The molecule has 0 radical (unpaired) electrons. The van der Waals surface area contributed by atoms with Gasteiger partial charge < -0.3 is 9.47 Å². The van der Waals surface area contributed by atoms with Crippen molar-refractivity contribution in [2.45, 2.75) is 26.2 Å². The van der Waals surface area contributed by atoms with Crippen LogP contribution in [0.15, 0.2) is 18.2 Å². The van der Waals surface area contributed by atoms with Crippen LogP contribution in [-0.2, 0) is 9.53 Å². The molecule has 2 rings (SSSR count). The molecule has 17 heavy (non-hydrogen) atoms. The molecule has 0 spiro atoms. The summed E-state index contributed by atoms with van der Waals surface area (Å²) in [7, 11) is 0. The second-order valence-corrected chi connectivity index (χ2v) is 4.36. The Hall–Kier alpha value is -1.39. The molecular formula is C13H17NO3. The van der Waals surface area contributed by atoms with Gasteiger partial charge in [0.25, 0.3) is 0 Å². The van der Waals surface area contributed by atoms with E-state index in [4.69, 9.17) is 9.47 Å². The molecule has 2 atom stereocenters. The molecule has 0 saturated carbocycles. The van der Waals surface area contributed by atoms with Crippen molar-refractivity contribution < 1.29 is 14.3 Å². The highest BCUT2D eigenvalue weighted by Gasteiger charge is 2.24. The van der Waals surface area contributed by atoms with Crippen molar-refractivity contribution in [2.75, 3.05) is 13.2 Å². The van der Waals surface area contributed by atoms with Crippen LogP contribution in [0.3, 0.4) is 0 Å². The smallest absolute Gasteiger partial charge is 0.165 e. The number of hydrogen-bond donors (Lipinski definition) is 1. The van der Waals surface area contributed by atoms with Gasteiger partial charge in [0.15, 0.2) is 12.5 Å². The van der Waals surface area contributed by atoms with Gasteiger partial charge in [-0.1, -0.05) is 6.07 Å². The first-order chi connectivity index (χ1) is 8.17. The van der Waals surface area contributed by atoms with Gasteiger partial charge in [-0.2, -0.15) is 0 Å². The summed E-state index contributed by atoms with van der Waals surface area (Å²) in [6.07, 6.45) is 0.213. The number of rotatable bonds is 4. The minimum Gasteiger partial charge on any atom is -0.491 e. The van der Waals surface area contributed by atoms with Crippen molar-refractivity contribution in [3.63, 3.8) is 0 Å². The molecule has 1 heterocycles. The van der Waals surface area contributed by atoms with Gasteiger partial charge in [0.05, 0.1) is 0 Å². The van der Waals surface area contributed by atoms with Gasteiger partial charge in [-0.3, -0.25) is 10.1 Å². The van der Waals surface area contributed by atoms with Crippen LogP contribution in [-0.4, -0.2) is 31.8 Å². The van der Waals surface area contributed by atoms with Crippen LogP contribution in [0.1, 0.15) is 11.1 Å². The van der Waals surface area contributed by atoms with E-state index in [1.54, 1.807) is 0 Å². The minimum atomic E-state index is -0.483. The van der Waals surface area contributed by atoms with Gasteiger partial charge in [0, 0.05) is 6.54 Å². The van der Waals surface area contributed by atoms with Gasteiger partial charge in [-0.15, -0.1) is 0 Å². The zero-order valence-corrected chi connectivity index (χ0v) is 10.1. The lowest BCUT2D eigenvalue weighted by Gasteiger charge is -2.12. The number of carbonyl (C=O) groups is 1. The van der Waals surface area contributed by atoms with Crippen molar-refractivity contribution in [3.8, 4) is 5.75 Å². The van der Waals surface area contributed by atoms with E-state index in [1.807, 2.05) is 26.0 Å². The number of aldehydes is 1. The molecule has 2 unspecified atom stereocenters. The summed E-state index contributed by atoms with van der Waals surface area (Å²) in [4.78, 5) is 10.5. The first kappa shape index (κ1) is 12.1. The van der Waals surface area contributed by atoms with Crippen molar-refractivity contribution in [1.82, 2.24) is 5.32 Å². The summed E-state index contributed by atoms with van der Waals surface area (Å²) in [5, 5.41) is 2.95. The quantitative estimate of drug-likeness (QED) is 0.796. The first-order valence-electron chi connectivity index (χ1n) is 5.72. The molecule has 4 heteroatoms.